The number of carboxylic acid groups (broad SMARTS) is 1. The third-order valence-corrected chi connectivity index (χ3v) is 3.58. The molecule has 2 amide bonds. The number of nitrogens with one attached hydrogen (secondary N) is 3. The zero-order valence-electron chi connectivity index (χ0n) is 13.9. The number of carboxylic acids is 1. The number of carbonyl (C=O) groups excluding carboxylic acids is 2. The first kappa shape index (κ1) is 18.4. The lowest BCUT2D eigenvalue weighted by molar-refractivity contribution is -0.142. The van der Waals surface area contributed by atoms with Gasteiger partial charge in [0.15, 0.2) is 0 Å². The van der Waals surface area contributed by atoms with E-state index in [1.165, 1.54) is 24.3 Å². The Morgan fingerprint density at radius 3 is 2.60 bits per heavy atom. The fraction of sp³-hybridized carbons (Fsp3) is 0.353. The van der Waals surface area contributed by atoms with E-state index in [9.17, 15) is 18.8 Å². The number of benzene rings is 1. The van der Waals surface area contributed by atoms with Crippen molar-refractivity contribution in [1.82, 2.24) is 15.6 Å². The minimum atomic E-state index is -1.12. The summed E-state index contributed by atoms with van der Waals surface area (Å²) in [5, 5.41) is 14.4. The molecular weight excluding hydrogens is 329 g/mol. The Kier molecular flexibility index (Phi) is 5.74. The van der Waals surface area contributed by atoms with Crippen LogP contribution in [0.5, 0.6) is 0 Å². The maximum Gasteiger partial charge on any atom is 0.326 e. The molecule has 134 valence electrons. The number of H-pyrrole nitrogens is 1. The monoisotopic (exact) mass is 349 g/mol. The topological polar surface area (TPSA) is 111 Å². The van der Waals surface area contributed by atoms with Gasteiger partial charge in [-0.25, -0.2) is 9.18 Å². The van der Waals surface area contributed by atoms with Crippen molar-refractivity contribution in [3.63, 3.8) is 0 Å². The van der Waals surface area contributed by atoms with Gasteiger partial charge in [0.2, 0.25) is 5.91 Å². The summed E-state index contributed by atoms with van der Waals surface area (Å²) >= 11 is 0. The van der Waals surface area contributed by atoms with E-state index in [0.29, 0.717) is 17.3 Å². The average molecular weight is 349 g/mol. The van der Waals surface area contributed by atoms with Crippen LogP contribution in [0.3, 0.4) is 0 Å². The molecule has 2 rings (SSSR count). The van der Waals surface area contributed by atoms with E-state index in [1.54, 1.807) is 0 Å². The van der Waals surface area contributed by atoms with E-state index in [0.717, 1.165) is 0 Å². The maximum atomic E-state index is 13.2. The van der Waals surface area contributed by atoms with Gasteiger partial charge in [-0.1, -0.05) is 13.8 Å². The Balaban J connectivity index is 1.93. The normalized spacial score (nSPS) is 12.2. The van der Waals surface area contributed by atoms with Gasteiger partial charge < -0.3 is 20.7 Å². The first-order valence-corrected chi connectivity index (χ1v) is 7.85. The predicted molar refractivity (Wildman–Crippen MR) is 89.6 cm³/mol. The van der Waals surface area contributed by atoms with Crippen LogP contribution in [0.1, 0.15) is 30.8 Å². The van der Waals surface area contributed by atoms with Crippen molar-refractivity contribution in [1.29, 1.82) is 0 Å². The SMILES string of the molecule is CC(C)C[C@H](NC(=O)CNC(=O)c1cc2cc(F)ccc2[nH]1)C(=O)O. The van der Waals surface area contributed by atoms with Gasteiger partial charge in [0.1, 0.15) is 17.6 Å². The molecule has 0 unspecified atom stereocenters. The van der Waals surface area contributed by atoms with Crippen molar-refractivity contribution in [3.05, 3.63) is 35.8 Å². The summed E-state index contributed by atoms with van der Waals surface area (Å²) in [6.45, 7) is 3.34. The fourth-order valence-corrected chi connectivity index (χ4v) is 2.42. The van der Waals surface area contributed by atoms with Crippen LogP contribution in [0.2, 0.25) is 0 Å². The van der Waals surface area contributed by atoms with Gasteiger partial charge in [-0.2, -0.15) is 0 Å². The molecule has 1 aromatic heterocycles. The summed E-state index contributed by atoms with van der Waals surface area (Å²) in [5.74, 6) is -2.57. The van der Waals surface area contributed by atoms with Crippen LogP contribution in [0.25, 0.3) is 10.9 Å². The molecule has 8 heteroatoms. The molecule has 1 atom stereocenters. The highest BCUT2D eigenvalue weighted by molar-refractivity contribution is 5.99. The summed E-state index contributed by atoms with van der Waals surface area (Å²) in [7, 11) is 0. The molecule has 0 radical (unpaired) electrons. The van der Waals surface area contributed by atoms with Crippen molar-refractivity contribution in [3.8, 4) is 0 Å². The highest BCUT2D eigenvalue weighted by atomic mass is 19.1. The van der Waals surface area contributed by atoms with Crippen molar-refractivity contribution < 1.29 is 23.9 Å². The van der Waals surface area contributed by atoms with Crippen molar-refractivity contribution in [2.24, 2.45) is 5.92 Å². The van der Waals surface area contributed by atoms with E-state index in [-0.39, 0.29) is 18.2 Å². The van der Waals surface area contributed by atoms with Crippen LogP contribution >= 0.6 is 0 Å². The Bertz CT molecular complexity index is 800. The molecule has 4 N–H and O–H groups in total. The number of halogens is 1. The second-order valence-corrected chi connectivity index (χ2v) is 6.19. The smallest absolute Gasteiger partial charge is 0.326 e. The summed E-state index contributed by atoms with van der Waals surface area (Å²) in [6.07, 6.45) is 0.294. The lowest BCUT2D eigenvalue weighted by atomic mass is 10.0. The molecule has 2 aromatic rings. The molecule has 0 aliphatic rings. The second-order valence-electron chi connectivity index (χ2n) is 6.19. The number of aromatic amines is 1. The van der Waals surface area contributed by atoms with Crippen LogP contribution in [-0.4, -0.2) is 40.5 Å². The molecule has 0 bridgehead atoms. The molecule has 0 saturated carbocycles. The molecule has 0 fully saturated rings. The highest BCUT2D eigenvalue weighted by Crippen LogP contribution is 2.16. The summed E-state index contributed by atoms with van der Waals surface area (Å²) in [6, 6.07) is 4.55. The minimum absolute atomic E-state index is 0.0998. The predicted octanol–water partition coefficient (Wildman–Crippen LogP) is 1.65. The first-order valence-electron chi connectivity index (χ1n) is 7.85. The number of rotatable bonds is 7. The summed E-state index contributed by atoms with van der Waals surface area (Å²) < 4.78 is 13.2. The van der Waals surface area contributed by atoms with Gasteiger partial charge >= 0.3 is 5.97 Å². The van der Waals surface area contributed by atoms with Gasteiger partial charge in [-0.15, -0.1) is 0 Å². The summed E-state index contributed by atoms with van der Waals surface area (Å²) in [4.78, 5) is 37.9. The lowest BCUT2D eigenvalue weighted by Crippen LogP contribution is -2.46. The molecule has 7 nitrogen and oxygen atoms in total. The number of hydrogen-bond donors (Lipinski definition) is 4. The van der Waals surface area contributed by atoms with Crippen LogP contribution in [0.4, 0.5) is 4.39 Å². The molecular formula is C17H20FN3O4. The van der Waals surface area contributed by atoms with Crippen LogP contribution in [-0.2, 0) is 9.59 Å². The molecule has 0 aliphatic heterocycles. The van der Waals surface area contributed by atoms with E-state index < -0.39 is 29.6 Å². The molecule has 25 heavy (non-hydrogen) atoms. The van der Waals surface area contributed by atoms with Gasteiger partial charge in [0.25, 0.3) is 5.91 Å². The van der Waals surface area contributed by atoms with Crippen molar-refractivity contribution in [2.75, 3.05) is 6.54 Å². The molecule has 0 spiro atoms. The summed E-state index contributed by atoms with van der Waals surface area (Å²) in [5.41, 5.74) is 0.782. The van der Waals surface area contributed by atoms with Gasteiger partial charge in [-0.05, 0) is 36.6 Å². The van der Waals surface area contributed by atoms with E-state index in [1.807, 2.05) is 13.8 Å². The molecule has 0 aliphatic carbocycles. The van der Waals surface area contributed by atoms with Gasteiger partial charge in [0.05, 0.1) is 6.54 Å². The number of aromatic nitrogens is 1. The average Bonchev–Trinajstić information content (AvgIpc) is 2.94. The molecule has 1 heterocycles. The van der Waals surface area contributed by atoms with Crippen LogP contribution in [0.15, 0.2) is 24.3 Å². The van der Waals surface area contributed by atoms with Gasteiger partial charge in [0, 0.05) is 10.9 Å². The largest absolute Gasteiger partial charge is 0.480 e. The number of carbonyl (C=O) groups is 3. The fourth-order valence-electron chi connectivity index (χ4n) is 2.42. The van der Waals surface area contributed by atoms with E-state index >= 15 is 0 Å². The number of fused-ring (bicyclic) bond motifs is 1. The second kappa shape index (κ2) is 7.78. The quantitative estimate of drug-likeness (QED) is 0.609. The van der Waals surface area contributed by atoms with E-state index in [4.69, 9.17) is 5.11 Å². The Hall–Kier alpha value is -2.90. The third-order valence-electron chi connectivity index (χ3n) is 3.58. The van der Waals surface area contributed by atoms with Gasteiger partial charge in [-0.3, -0.25) is 9.59 Å². The van der Waals surface area contributed by atoms with Crippen LogP contribution < -0.4 is 10.6 Å². The lowest BCUT2D eigenvalue weighted by Gasteiger charge is -2.16. The number of amides is 2. The van der Waals surface area contributed by atoms with E-state index in [2.05, 4.69) is 15.6 Å². The Morgan fingerprint density at radius 1 is 1.24 bits per heavy atom. The molecule has 0 saturated heterocycles. The maximum absolute atomic E-state index is 13.2. The number of hydrogen-bond acceptors (Lipinski definition) is 3. The van der Waals surface area contributed by atoms with Crippen molar-refractivity contribution in [2.45, 2.75) is 26.3 Å². The minimum Gasteiger partial charge on any atom is -0.480 e. The highest BCUT2D eigenvalue weighted by Gasteiger charge is 2.21. The number of aliphatic carboxylic acids is 1. The standard InChI is InChI=1S/C17H20FN3O4/c1-9(2)5-14(17(24)25)21-15(22)8-19-16(23)13-7-10-6-11(18)3-4-12(10)20-13/h3-4,6-7,9,14,20H,5,8H2,1-2H3,(H,19,23)(H,21,22)(H,24,25)/t14-/m0/s1. The molecule has 1 aromatic carbocycles. The van der Waals surface area contributed by atoms with Crippen LogP contribution in [0, 0.1) is 11.7 Å². The first-order chi connectivity index (χ1) is 11.8. The third kappa shape index (κ3) is 5.03. The zero-order chi connectivity index (χ0) is 18.6. The zero-order valence-corrected chi connectivity index (χ0v) is 13.9. The Morgan fingerprint density at radius 2 is 1.96 bits per heavy atom. The van der Waals surface area contributed by atoms with Crippen molar-refractivity contribution >= 4 is 28.7 Å². The Labute approximate surface area is 143 Å².